The first-order valence-corrected chi connectivity index (χ1v) is 12.4. The number of ether oxygens (including phenoxy) is 4. The molecular weight excluding hydrogens is 448 g/mol. The van der Waals surface area contributed by atoms with Gasteiger partial charge in [-0.15, -0.1) is 0 Å². The van der Waals surface area contributed by atoms with Crippen LogP contribution in [0.1, 0.15) is 59.3 Å². The van der Waals surface area contributed by atoms with Crippen molar-refractivity contribution in [2.24, 2.45) is 0 Å². The SMILES string of the molecule is CCCCOc1cc(O)c2c(=O)c(OC)c(-c3ccc(OCCCC)c(OCCCC)c3)oc2c1. The first-order chi connectivity index (χ1) is 17.0. The topological polar surface area (TPSA) is 87.4 Å². The molecule has 0 amide bonds. The molecule has 0 atom stereocenters. The third kappa shape index (κ3) is 6.41. The van der Waals surface area contributed by atoms with Gasteiger partial charge in [-0.2, -0.15) is 0 Å². The highest BCUT2D eigenvalue weighted by Gasteiger charge is 2.21. The fraction of sp³-hybridized carbons (Fsp3) is 0.464. The molecule has 1 N–H and O–H groups in total. The number of hydrogen-bond acceptors (Lipinski definition) is 7. The summed E-state index contributed by atoms with van der Waals surface area (Å²) in [4.78, 5) is 13.2. The molecule has 3 rings (SSSR count). The Kier molecular flexibility index (Phi) is 9.70. The van der Waals surface area contributed by atoms with Gasteiger partial charge in [0.1, 0.15) is 22.5 Å². The van der Waals surface area contributed by atoms with Crippen LogP contribution in [-0.4, -0.2) is 32.0 Å². The zero-order chi connectivity index (χ0) is 25.2. The van der Waals surface area contributed by atoms with Gasteiger partial charge in [0.15, 0.2) is 17.3 Å². The standard InChI is InChI=1S/C28H36O7/c1-5-8-13-32-20-17-21(29)25-24(18-20)35-27(28(31-4)26(25)30)19-11-12-22(33-14-9-6-2)23(16-19)34-15-10-7-3/h11-12,16-18,29H,5-10,13-15H2,1-4H3. The number of aromatic hydroxyl groups is 1. The van der Waals surface area contributed by atoms with Crippen LogP contribution in [0.25, 0.3) is 22.3 Å². The summed E-state index contributed by atoms with van der Waals surface area (Å²) >= 11 is 0. The minimum atomic E-state index is -0.460. The van der Waals surface area contributed by atoms with E-state index in [4.69, 9.17) is 23.4 Å². The zero-order valence-corrected chi connectivity index (χ0v) is 21.1. The zero-order valence-electron chi connectivity index (χ0n) is 21.1. The molecule has 0 fully saturated rings. The van der Waals surface area contributed by atoms with Gasteiger partial charge in [-0.25, -0.2) is 0 Å². The van der Waals surface area contributed by atoms with Crippen molar-refractivity contribution in [3.05, 3.63) is 40.6 Å². The molecule has 7 heteroatoms. The normalized spacial score (nSPS) is 11.0. The molecule has 190 valence electrons. The maximum absolute atomic E-state index is 13.2. The summed E-state index contributed by atoms with van der Waals surface area (Å²) in [5.41, 5.74) is 0.360. The molecule has 0 saturated carbocycles. The Morgan fingerprint density at radius 3 is 2.09 bits per heavy atom. The summed E-state index contributed by atoms with van der Waals surface area (Å²) in [6.45, 7) is 7.93. The van der Waals surface area contributed by atoms with Crippen molar-refractivity contribution in [3.63, 3.8) is 0 Å². The predicted molar refractivity (Wildman–Crippen MR) is 137 cm³/mol. The van der Waals surface area contributed by atoms with Gasteiger partial charge in [0, 0.05) is 17.7 Å². The van der Waals surface area contributed by atoms with E-state index in [0.29, 0.717) is 42.6 Å². The number of fused-ring (bicyclic) bond motifs is 1. The van der Waals surface area contributed by atoms with Gasteiger partial charge in [0.2, 0.25) is 11.2 Å². The summed E-state index contributed by atoms with van der Waals surface area (Å²) in [6.07, 6.45) is 5.75. The van der Waals surface area contributed by atoms with E-state index in [1.165, 1.54) is 13.2 Å². The molecule has 3 aromatic rings. The molecule has 0 aliphatic carbocycles. The van der Waals surface area contributed by atoms with Gasteiger partial charge in [-0.05, 0) is 37.5 Å². The van der Waals surface area contributed by atoms with Gasteiger partial charge < -0.3 is 28.5 Å². The molecule has 0 radical (unpaired) electrons. The Hall–Kier alpha value is -3.35. The third-order valence-electron chi connectivity index (χ3n) is 5.59. The summed E-state index contributed by atoms with van der Waals surface area (Å²) in [5.74, 6) is 1.70. The first-order valence-electron chi connectivity index (χ1n) is 12.4. The quantitative estimate of drug-likeness (QED) is 0.254. The Morgan fingerprint density at radius 2 is 1.46 bits per heavy atom. The molecule has 0 saturated heterocycles. The number of hydrogen-bond donors (Lipinski definition) is 1. The minimum absolute atomic E-state index is 0.00612. The number of unbranched alkanes of at least 4 members (excludes halogenated alkanes) is 3. The highest BCUT2D eigenvalue weighted by atomic mass is 16.5. The summed E-state index contributed by atoms with van der Waals surface area (Å²) in [6, 6.07) is 8.47. The first kappa shape index (κ1) is 26.3. The van der Waals surface area contributed by atoms with Crippen molar-refractivity contribution >= 4 is 11.0 Å². The molecule has 0 unspecified atom stereocenters. The van der Waals surface area contributed by atoms with Gasteiger partial charge in [0.25, 0.3) is 0 Å². The molecule has 0 aliphatic rings. The molecule has 0 aliphatic heterocycles. The second-order valence-electron chi connectivity index (χ2n) is 8.38. The maximum Gasteiger partial charge on any atom is 0.239 e. The largest absolute Gasteiger partial charge is 0.507 e. The van der Waals surface area contributed by atoms with Gasteiger partial charge in [-0.3, -0.25) is 4.79 Å². The van der Waals surface area contributed by atoms with Crippen LogP contribution in [0, 0.1) is 0 Å². The van der Waals surface area contributed by atoms with Gasteiger partial charge in [-0.1, -0.05) is 40.0 Å². The van der Waals surface area contributed by atoms with Crippen molar-refractivity contribution in [3.8, 4) is 40.1 Å². The van der Waals surface area contributed by atoms with E-state index < -0.39 is 5.43 Å². The van der Waals surface area contributed by atoms with Crippen molar-refractivity contribution in [2.45, 2.75) is 59.3 Å². The van der Waals surface area contributed by atoms with Crippen molar-refractivity contribution in [2.75, 3.05) is 26.9 Å². The second-order valence-corrected chi connectivity index (χ2v) is 8.38. The van der Waals surface area contributed by atoms with Gasteiger partial charge >= 0.3 is 0 Å². The average molecular weight is 485 g/mol. The van der Waals surface area contributed by atoms with Crippen LogP contribution in [-0.2, 0) is 0 Å². The Balaban J connectivity index is 2.08. The highest BCUT2D eigenvalue weighted by molar-refractivity contribution is 5.88. The van der Waals surface area contributed by atoms with E-state index in [2.05, 4.69) is 20.8 Å². The maximum atomic E-state index is 13.2. The van der Waals surface area contributed by atoms with Crippen LogP contribution in [0.15, 0.2) is 39.5 Å². The molecular formula is C28H36O7. The van der Waals surface area contributed by atoms with E-state index in [0.717, 1.165) is 38.5 Å². The molecule has 1 aromatic heterocycles. The fourth-order valence-electron chi connectivity index (χ4n) is 3.59. The van der Waals surface area contributed by atoms with E-state index in [-0.39, 0.29) is 28.2 Å². The van der Waals surface area contributed by atoms with Crippen LogP contribution in [0.2, 0.25) is 0 Å². The van der Waals surface area contributed by atoms with Crippen molar-refractivity contribution in [1.82, 2.24) is 0 Å². The monoisotopic (exact) mass is 484 g/mol. The van der Waals surface area contributed by atoms with Crippen molar-refractivity contribution < 1.29 is 28.5 Å². The lowest BCUT2D eigenvalue weighted by molar-refractivity contribution is 0.262. The van der Waals surface area contributed by atoms with E-state index in [1.54, 1.807) is 12.1 Å². The average Bonchev–Trinajstić information content (AvgIpc) is 2.85. The lowest BCUT2D eigenvalue weighted by Gasteiger charge is -2.15. The van der Waals surface area contributed by atoms with Gasteiger partial charge in [0.05, 0.1) is 26.9 Å². The van der Waals surface area contributed by atoms with E-state index in [1.807, 2.05) is 12.1 Å². The summed E-state index contributed by atoms with van der Waals surface area (Å²) < 4.78 is 29.2. The summed E-state index contributed by atoms with van der Waals surface area (Å²) in [7, 11) is 1.40. The van der Waals surface area contributed by atoms with Crippen molar-refractivity contribution in [1.29, 1.82) is 0 Å². The minimum Gasteiger partial charge on any atom is -0.507 e. The number of rotatable bonds is 14. The molecule has 0 bridgehead atoms. The summed E-state index contributed by atoms with van der Waals surface area (Å²) in [5, 5.41) is 10.6. The number of phenols is 1. The van der Waals surface area contributed by atoms with Crippen LogP contribution in [0.5, 0.6) is 28.7 Å². The Labute approximate surface area is 206 Å². The number of methoxy groups -OCH3 is 1. The lowest BCUT2D eigenvalue weighted by atomic mass is 10.1. The van der Waals surface area contributed by atoms with Crippen LogP contribution < -0.4 is 24.4 Å². The van der Waals surface area contributed by atoms with E-state index >= 15 is 0 Å². The third-order valence-corrected chi connectivity index (χ3v) is 5.59. The van der Waals surface area contributed by atoms with Crippen LogP contribution in [0.3, 0.4) is 0 Å². The lowest BCUT2D eigenvalue weighted by Crippen LogP contribution is -2.08. The molecule has 1 heterocycles. The molecule has 2 aromatic carbocycles. The predicted octanol–water partition coefficient (Wildman–Crippen LogP) is 6.71. The number of benzene rings is 2. The van der Waals surface area contributed by atoms with Crippen LogP contribution in [0.4, 0.5) is 0 Å². The molecule has 7 nitrogen and oxygen atoms in total. The Bertz CT molecular complexity index is 1170. The van der Waals surface area contributed by atoms with E-state index in [9.17, 15) is 9.90 Å². The molecule has 0 spiro atoms. The Morgan fingerprint density at radius 1 is 0.829 bits per heavy atom. The smallest absolute Gasteiger partial charge is 0.239 e. The number of phenolic OH excluding ortho intramolecular Hbond substituents is 1. The fourth-order valence-corrected chi connectivity index (χ4v) is 3.59. The van der Waals surface area contributed by atoms with Crippen LogP contribution >= 0.6 is 0 Å². The second kappa shape index (κ2) is 12.9. The molecule has 35 heavy (non-hydrogen) atoms. The highest BCUT2D eigenvalue weighted by Crippen LogP contribution is 2.39.